The lowest BCUT2D eigenvalue weighted by Crippen LogP contribution is -2.46. The van der Waals surface area contributed by atoms with Gasteiger partial charge in [-0.1, -0.05) is 59.9 Å². The number of carbonyl (C=O) groups excluding carboxylic acids is 2. The lowest BCUT2D eigenvalue weighted by atomic mass is 10.1. The van der Waals surface area contributed by atoms with Gasteiger partial charge in [-0.15, -0.1) is 0 Å². The summed E-state index contributed by atoms with van der Waals surface area (Å²) in [7, 11) is -2.46. The fourth-order valence-corrected chi connectivity index (χ4v) is 4.83. The molecule has 0 aliphatic carbocycles. The first-order valence-corrected chi connectivity index (χ1v) is 13.6. The van der Waals surface area contributed by atoms with Crippen molar-refractivity contribution in [2.24, 2.45) is 0 Å². The van der Waals surface area contributed by atoms with Gasteiger partial charge < -0.3 is 4.90 Å². The highest BCUT2D eigenvalue weighted by atomic mass is 32.2. The van der Waals surface area contributed by atoms with Crippen molar-refractivity contribution < 1.29 is 23.2 Å². The molecule has 0 saturated heterocycles. The zero-order valence-corrected chi connectivity index (χ0v) is 22.2. The molecule has 2 amide bonds. The minimum atomic E-state index is -4.11. The summed E-state index contributed by atoms with van der Waals surface area (Å²) in [6.07, 6.45) is 0.460. The molecule has 9 heteroatoms. The maximum absolute atomic E-state index is 12.9. The first-order valence-electron chi connectivity index (χ1n) is 12.1. The van der Waals surface area contributed by atoms with E-state index < -0.39 is 22.0 Å². The molecule has 0 saturated carbocycles. The van der Waals surface area contributed by atoms with Gasteiger partial charge in [0.2, 0.25) is 15.9 Å². The third kappa shape index (κ3) is 8.56. The lowest BCUT2D eigenvalue weighted by molar-refractivity contribution is -0.132. The second kappa shape index (κ2) is 13.5. The van der Waals surface area contributed by atoms with Crippen LogP contribution in [0.1, 0.15) is 35.1 Å². The van der Waals surface area contributed by atoms with E-state index in [0.29, 0.717) is 18.5 Å². The van der Waals surface area contributed by atoms with Gasteiger partial charge in [0, 0.05) is 31.1 Å². The highest BCUT2D eigenvalue weighted by molar-refractivity contribution is 7.89. The molecule has 8 nitrogen and oxygen atoms in total. The molecule has 0 unspecified atom stereocenters. The highest BCUT2D eigenvalue weighted by Gasteiger charge is 2.26. The zero-order chi connectivity index (χ0) is 27.5. The number of sulfonamides is 1. The Morgan fingerprint density at radius 2 is 1.50 bits per heavy atom. The van der Waals surface area contributed by atoms with E-state index >= 15 is 0 Å². The smallest absolute Gasteiger partial charge is 0.261 e. The van der Waals surface area contributed by atoms with Crippen LogP contribution in [-0.4, -0.2) is 50.0 Å². The summed E-state index contributed by atoms with van der Waals surface area (Å²) in [5, 5.41) is 9.12. The van der Waals surface area contributed by atoms with Crippen LogP contribution >= 0.6 is 0 Å². The standard InChI is InChI=1S/C29H31N3O5S/c1-22-8-10-24(11-9-22)12-13-25-14-16-26(17-15-25)38(36,37)31-27(29(34)30-35)18-19-28(33)32(2)21-20-23-6-4-3-5-7-23/h3-11,14-17,27,31,35H,18-21H2,1-2H3,(H,30,34)/t27-/m1/s1. The maximum atomic E-state index is 12.9. The number of aryl methyl sites for hydroxylation is 1. The van der Waals surface area contributed by atoms with Crippen LogP contribution < -0.4 is 10.2 Å². The quantitative estimate of drug-likeness (QED) is 0.211. The Morgan fingerprint density at radius 1 is 0.921 bits per heavy atom. The number of nitrogens with one attached hydrogen (secondary N) is 2. The van der Waals surface area contributed by atoms with E-state index in [1.54, 1.807) is 19.2 Å². The van der Waals surface area contributed by atoms with Crippen molar-refractivity contribution in [2.75, 3.05) is 13.6 Å². The monoisotopic (exact) mass is 533 g/mol. The van der Waals surface area contributed by atoms with Gasteiger partial charge in [0.15, 0.2) is 0 Å². The van der Waals surface area contributed by atoms with Gasteiger partial charge in [0.25, 0.3) is 5.91 Å². The Hall–Kier alpha value is -3.97. The van der Waals surface area contributed by atoms with Crippen molar-refractivity contribution in [3.63, 3.8) is 0 Å². The number of nitrogens with zero attached hydrogens (tertiary/aromatic N) is 1. The van der Waals surface area contributed by atoms with Crippen molar-refractivity contribution in [1.82, 2.24) is 15.1 Å². The molecule has 0 aliphatic rings. The molecule has 3 N–H and O–H groups in total. The van der Waals surface area contributed by atoms with Crippen molar-refractivity contribution in [3.05, 3.63) is 101 Å². The van der Waals surface area contributed by atoms with Gasteiger partial charge >= 0.3 is 0 Å². The first kappa shape index (κ1) is 28.6. The molecule has 3 aromatic carbocycles. The molecular weight excluding hydrogens is 502 g/mol. The molecule has 38 heavy (non-hydrogen) atoms. The zero-order valence-electron chi connectivity index (χ0n) is 21.3. The Morgan fingerprint density at radius 3 is 2.08 bits per heavy atom. The van der Waals surface area contributed by atoms with Crippen LogP contribution in [0, 0.1) is 18.8 Å². The van der Waals surface area contributed by atoms with E-state index in [2.05, 4.69) is 16.6 Å². The molecule has 0 spiro atoms. The Balaban J connectivity index is 1.60. The summed E-state index contributed by atoms with van der Waals surface area (Å²) in [6, 6.07) is 22.0. The lowest BCUT2D eigenvalue weighted by Gasteiger charge is -2.20. The molecule has 0 radical (unpaired) electrons. The number of hydrogen-bond donors (Lipinski definition) is 3. The van der Waals surface area contributed by atoms with Crippen LogP contribution in [0.4, 0.5) is 0 Å². The van der Waals surface area contributed by atoms with Crippen LogP contribution in [-0.2, 0) is 26.0 Å². The van der Waals surface area contributed by atoms with E-state index in [4.69, 9.17) is 5.21 Å². The molecule has 0 aromatic heterocycles. The molecule has 3 rings (SSSR count). The number of hydroxylamine groups is 1. The third-order valence-electron chi connectivity index (χ3n) is 5.94. The molecule has 198 valence electrons. The fourth-order valence-electron chi connectivity index (χ4n) is 3.60. The predicted molar refractivity (Wildman–Crippen MR) is 145 cm³/mol. The van der Waals surface area contributed by atoms with Gasteiger partial charge in [-0.2, -0.15) is 4.72 Å². The van der Waals surface area contributed by atoms with Crippen molar-refractivity contribution in [2.45, 2.75) is 37.1 Å². The second-order valence-corrected chi connectivity index (χ2v) is 10.6. The number of hydrogen-bond acceptors (Lipinski definition) is 5. The topological polar surface area (TPSA) is 116 Å². The molecule has 1 atom stereocenters. The second-order valence-electron chi connectivity index (χ2n) is 8.88. The van der Waals surface area contributed by atoms with Gasteiger partial charge in [0.1, 0.15) is 6.04 Å². The number of likely N-dealkylation sites (N-methyl/N-ethyl adjacent to an activating group) is 1. The minimum absolute atomic E-state index is 0.0690. The average molecular weight is 534 g/mol. The summed E-state index contributed by atoms with van der Waals surface area (Å²) in [4.78, 5) is 26.2. The van der Waals surface area contributed by atoms with Crippen LogP contribution in [0.15, 0.2) is 83.8 Å². The summed E-state index contributed by atoms with van der Waals surface area (Å²) in [5.41, 5.74) is 5.16. The predicted octanol–water partition coefficient (Wildman–Crippen LogP) is 3.03. The normalized spacial score (nSPS) is 11.7. The van der Waals surface area contributed by atoms with E-state index in [1.165, 1.54) is 22.5 Å². The molecule has 3 aromatic rings. The minimum Gasteiger partial charge on any atom is -0.345 e. The highest BCUT2D eigenvalue weighted by Crippen LogP contribution is 2.13. The number of benzene rings is 3. The van der Waals surface area contributed by atoms with E-state index in [0.717, 1.165) is 16.7 Å². The molecule has 0 aliphatic heterocycles. The van der Waals surface area contributed by atoms with Gasteiger partial charge in [-0.3, -0.25) is 14.8 Å². The third-order valence-corrected chi connectivity index (χ3v) is 7.43. The largest absolute Gasteiger partial charge is 0.345 e. The summed E-state index contributed by atoms with van der Waals surface area (Å²) < 4.78 is 28.1. The maximum Gasteiger partial charge on any atom is 0.261 e. The SMILES string of the molecule is Cc1ccc(C#Cc2ccc(S(=O)(=O)N[C@H](CCC(=O)N(C)CCc3ccccc3)C(=O)NO)cc2)cc1. The Bertz CT molecular complexity index is 1390. The molecule has 0 bridgehead atoms. The van der Waals surface area contributed by atoms with Crippen LogP contribution in [0.5, 0.6) is 0 Å². The van der Waals surface area contributed by atoms with Crippen molar-refractivity contribution in [3.8, 4) is 11.8 Å². The van der Waals surface area contributed by atoms with Crippen LogP contribution in [0.2, 0.25) is 0 Å². The summed E-state index contributed by atoms with van der Waals surface area (Å²) in [5.74, 6) is 4.82. The van der Waals surface area contributed by atoms with Crippen molar-refractivity contribution >= 4 is 21.8 Å². The van der Waals surface area contributed by atoms with Gasteiger partial charge in [-0.25, -0.2) is 13.9 Å². The van der Waals surface area contributed by atoms with Crippen LogP contribution in [0.25, 0.3) is 0 Å². The summed E-state index contributed by atoms with van der Waals surface area (Å²) >= 11 is 0. The Kier molecular flexibility index (Phi) is 10.2. The van der Waals surface area contributed by atoms with Gasteiger partial charge in [-0.05, 0) is 61.7 Å². The van der Waals surface area contributed by atoms with E-state index in [-0.39, 0.29) is 23.6 Å². The van der Waals surface area contributed by atoms with Crippen molar-refractivity contribution in [1.29, 1.82) is 0 Å². The Labute approximate surface area is 223 Å². The number of amides is 2. The van der Waals surface area contributed by atoms with Gasteiger partial charge in [0.05, 0.1) is 4.90 Å². The average Bonchev–Trinajstić information content (AvgIpc) is 2.93. The number of carbonyl (C=O) groups is 2. The molecule has 0 fully saturated rings. The molecular formula is C29H31N3O5S. The van der Waals surface area contributed by atoms with Crippen LogP contribution in [0.3, 0.4) is 0 Å². The first-order chi connectivity index (χ1) is 18.2. The van der Waals surface area contributed by atoms with E-state index in [1.807, 2.05) is 61.5 Å². The molecule has 0 heterocycles. The fraction of sp³-hybridized carbons (Fsp3) is 0.241. The van der Waals surface area contributed by atoms with E-state index in [9.17, 15) is 18.0 Å². The summed E-state index contributed by atoms with van der Waals surface area (Å²) in [6.45, 7) is 2.47. The number of rotatable bonds is 10.